The Bertz CT molecular complexity index is 749. The lowest BCUT2D eigenvalue weighted by molar-refractivity contribution is -0.120. The smallest absolute Gasteiger partial charge is 0.224 e. The number of rotatable bonds is 5. The number of halogens is 1. The van der Waals surface area contributed by atoms with Crippen LogP contribution in [-0.4, -0.2) is 17.4 Å². The van der Waals surface area contributed by atoms with Crippen LogP contribution < -0.4 is 5.32 Å². The Morgan fingerprint density at radius 1 is 1.33 bits per heavy atom. The lowest BCUT2D eigenvalue weighted by Crippen LogP contribution is -2.27. The average molecular weight is 302 g/mol. The molecular formula is C16H15FN2OS. The molecule has 3 aromatic rings. The van der Waals surface area contributed by atoms with E-state index < -0.39 is 0 Å². The van der Waals surface area contributed by atoms with Crippen molar-refractivity contribution in [1.29, 1.82) is 0 Å². The summed E-state index contributed by atoms with van der Waals surface area (Å²) >= 11 is 1.69. The average Bonchev–Trinajstić information content (AvgIpc) is 3.09. The minimum absolute atomic E-state index is 0.0447. The van der Waals surface area contributed by atoms with Crippen LogP contribution in [0.2, 0.25) is 0 Å². The molecule has 0 spiro atoms. The maximum atomic E-state index is 13.3. The van der Waals surface area contributed by atoms with E-state index in [1.54, 1.807) is 23.6 Å². The van der Waals surface area contributed by atoms with Gasteiger partial charge in [-0.05, 0) is 41.6 Å². The number of thiophene rings is 1. The third kappa shape index (κ3) is 3.31. The molecule has 0 fully saturated rings. The molecule has 0 atom stereocenters. The summed E-state index contributed by atoms with van der Waals surface area (Å²) in [7, 11) is 0. The molecule has 0 saturated carbocycles. The van der Waals surface area contributed by atoms with Gasteiger partial charge in [-0.2, -0.15) is 0 Å². The number of carbonyl (C=O) groups is 1. The molecular weight excluding hydrogens is 287 g/mol. The van der Waals surface area contributed by atoms with Crippen molar-refractivity contribution in [2.45, 2.75) is 12.8 Å². The van der Waals surface area contributed by atoms with Gasteiger partial charge in [-0.1, -0.05) is 6.07 Å². The van der Waals surface area contributed by atoms with Gasteiger partial charge in [0.15, 0.2) is 0 Å². The van der Waals surface area contributed by atoms with Crippen LogP contribution in [0, 0.1) is 5.82 Å². The first-order chi connectivity index (χ1) is 10.2. The number of hydrogen-bond donors (Lipinski definition) is 2. The molecule has 3 nitrogen and oxygen atoms in total. The fourth-order valence-corrected chi connectivity index (χ4v) is 3.02. The molecule has 5 heteroatoms. The highest BCUT2D eigenvalue weighted by atomic mass is 32.1. The SMILES string of the molecule is O=C(Cc1c[nH]c2ccc(F)cc12)NCCc1cccs1. The molecule has 0 saturated heterocycles. The first-order valence-electron chi connectivity index (χ1n) is 6.77. The Morgan fingerprint density at radius 3 is 3.05 bits per heavy atom. The fourth-order valence-electron chi connectivity index (χ4n) is 2.31. The van der Waals surface area contributed by atoms with Crippen LogP contribution in [0.1, 0.15) is 10.4 Å². The summed E-state index contributed by atoms with van der Waals surface area (Å²) in [6, 6.07) is 8.61. The van der Waals surface area contributed by atoms with E-state index in [0.717, 1.165) is 22.9 Å². The standard InChI is InChI=1S/C16H15FN2OS/c17-12-3-4-15-14(9-12)11(10-19-15)8-16(20)18-6-5-13-2-1-7-21-13/h1-4,7,9-10,19H,5-6,8H2,(H,18,20). The molecule has 2 N–H and O–H groups in total. The van der Waals surface area contributed by atoms with Crippen molar-refractivity contribution in [2.24, 2.45) is 0 Å². The number of aromatic nitrogens is 1. The lowest BCUT2D eigenvalue weighted by atomic mass is 10.1. The Labute approximate surface area is 125 Å². The monoisotopic (exact) mass is 302 g/mol. The van der Waals surface area contributed by atoms with E-state index in [1.165, 1.54) is 17.0 Å². The van der Waals surface area contributed by atoms with Gasteiger partial charge in [0.1, 0.15) is 5.82 Å². The van der Waals surface area contributed by atoms with E-state index in [0.29, 0.717) is 6.54 Å². The van der Waals surface area contributed by atoms with Gasteiger partial charge >= 0.3 is 0 Å². The van der Waals surface area contributed by atoms with Gasteiger partial charge in [0.25, 0.3) is 0 Å². The first-order valence-corrected chi connectivity index (χ1v) is 7.65. The molecule has 2 heterocycles. The van der Waals surface area contributed by atoms with Gasteiger partial charge in [-0.15, -0.1) is 11.3 Å². The van der Waals surface area contributed by atoms with Crippen LogP contribution in [-0.2, 0) is 17.6 Å². The summed E-state index contributed by atoms with van der Waals surface area (Å²) in [5, 5.41) is 5.69. The van der Waals surface area contributed by atoms with Gasteiger partial charge in [0.05, 0.1) is 6.42 Å². The summed E-state index contributed by atoms with van der Waals surface area (Å²) in [5.74, 6) is -0.335. The predicted octanol–water partition coefficient (Wildman–Crippen LogP) is 3.27. The summed E-state index contributed by atoms with van der Waals surface area (Å²) in [6.45, 7) is 0.621. The first kappa shape index (κ1) is 13.8. The Morgan fingerprint density at radius 2 is 2.24 bits per heavy atom. The van der Waals surface area contributed by atoms with Crippen LogP contribution in [0.3, 0.4) is 0 Å². The topological polar surface area (TPSA) is 44.9 Å². The second-order valence-corrected chi connectivity index (χ2v) is 5.89. The third-order valence-electron chi connectivity index (χ3n) is 3.35. The zero-order valence-electron chi connectivity index (χ0n) is 11.4. The molecule has 0 unspecified atom stereocenters. The summed E-state index contributed by atoms with van der Waals surface area (Å²) in [6.07, 6.45) is 2.86. The normalized spacial score (nSPS) is 10.9. The highest BCUT2D eigenvalue weighted by molar-refractivity contribution is 7.09. The second-order valence-electron chi connectivity index (χ2n) is 4.86. The van der Waals surface area contributed by atoms with Crippen LogP contribution in [0.5, 0.6) is 0 Å². The zero-order chi connectivity index (χ0) is 14.7. The molecule has 0 aliphatic carbocycles. The minimum atomic E-state index is -0.290. The van der Waals surface area contributed by atoms with Crippen molar-refractivity contribution in [1.82, 2.24) is 10.3 Å². The number of H-pyrrole nitrogens is 1. The van der Waals surface area contributed by atoms with Gasteiger partial charge < -0.3 is 10.3 Å². The maximum Gasteiger partial charge on any atom is 0.224 e. The Hall–Kier alpha value is -2.14. The summed E-state index contributed by atoms with van der Waals surface area (Å²) in [4.78, 5) is 16.3. The molecule has 2 aromatic heterocycles. The number of benzene rings is 1. The number of nitrogens with one attached hydrogen (secondary N) is 2. The lowest BCUT2D eigenvalue weighted by Gasteiger charge is -2.04. The van der Waals surface area contributed by atoms with Crippen molar-refractivity contribution in [3.63, 3.8) is 0 Å². The summed E-state index contributed by atoms with van der Waals surface area (Å²) < 4.78 is 13.3. The van der Waals surface area contributed by atoms with Crippen molar-refractivity contribution < 1.29 is 9.18 Å². The van der Waals surface area contributed by atoms with Crippen LogP contribution in [0.25, 0.3) is 10.9 Å². The van der Waals surface area contributed by atoms with Crippen LogP contribution in [0.4, 0.5) is 4.39 Å². The molecule has 108 valence electrons. The van der Waals surface area contributed by atoms with Crippen LogP contribution in [0.15, 0.2) is 41.9 Å². The fraction of sp³-hybridized carbons (Fsp3) is 0.188. The van der Waals surface area contributed by atoms with Crippen LogP contribution >= 0.6 is 11.3 Å². The highest BCUT2D eigenvalue weighted by Gasteiger charge is 2.09. The van der Waals surface area contributed by atoms with Crippen molar-refractivity contribution in [3.8, 4) is 0 Å². The highest BCUT2D eigenvalue weighted by Crippen LogP contribution is 2.19. The number of hydrogen-bond acceptors (Lipinski definition) is 2. The van der Waals surface area contributed by atoms with E-state index in [9.17, 15) is 9.18 Å². The van der Waals surface area contributed by atoms with Gasteiger partial charge in [-0.25, -0.2) is 4.39 Å². The third-order valence-corrected chi connectivity index (χ3v) is 4.29. The van der Waals surface area contributed by atoms with Crippen molar-refractivity contribution in [2.75, 3.05) is 6.54 Å². The number of carbonyl (C=O) groups excluding carboxylic acids is 1. The van der Waals surface area contributed by atoms with E-state index in [2.05, 4.69) is 16.4 Å². The van der Waals surface area contributed by atoms with Gasteiger partial charge in [-0.3, -0.25) is 4.79 Å². The predicted molar refractivity (Wildman–Crippen MR) is 83.0 cm³/mol. The molecule has 1 aromatic carbocycles. The molecule has 0 radical (unpaired) electrons. The number of fused-ring (bicyclic) bond motifs is 1. The molecule has 0 bridgehead atoms. The Balaban J connectivity index is 1.59. The molecule has 3 rings (SSSR count). The summed E-state index contributed by atoms with van der Waals surface area (Å²) in [5.41, 5.74) is 1.66. The van der Waals surface area contributed by atoms with E-state index in [-0.39, 0.29) is 18.1 Å². The van der Waals surface area contributed by atoms with E-state index in [1.807, 2.05) is 11.4 Å². The zero-order valence-corrected chi connectivity index (χ0v) is 12.2. The van der Waals surface area contributed by atoms with Crippen molar-refractivity contribution in [3.05, 3.63) is 58.2 Å². The van der Waals surface area contributed by atoms with Gasteiger partial charge in [0.2, 0.25) is 5.91 Å². The van der Waals surface area contributed by atoms with Crippen molar-refractivity contribution >= 4 is 28.1 Å². The quantitative estimate of drug-likeness (QED) is 0.746. The maximum absolute atomic E-state index is 13.3. The molecule has 0 aliphatic rings. The molecule has 0 aliphatic heterocycles. The molecule has 1 amide bonds. The second kappa shape index (κ2) is 6.10. The van der Waals surface area contributed by atoms with Gasteiger partial charge in [0, 0.05) is 28.5 Å². The number of aromatic amines is 1. The minimum Gasteiger partial charge on any atom is -0.361 e. The number of amides is 1. The molecule has 21 heavy (non-hydrogen) atoms. The Kier molecular flexibility index (Phi) is 4.01. The van der Waals surface area contributed by atoms with E-state index >= 15 is 0 Å². The largest absolute Gasteiger partial charge is 0.361 e. The van der Waals surface area contributed by atoms with E-state index in [4.69, 9.17) is 0 Å².